The van der Waals surface area contributed by atoms with E-state index in [1.165, 1.54) is 51.4 Å². The molecule has 2 aliphatic rings. The fourth-order valence-corrected chi connectivity index (χ4v) is 2.71. The van der Waals surface area contributed by atoms with Gasteiger partial charge in [-0.15, -0.1) is 0 Å². The third kappa shape index (κ3) is 2.24. The molecule has 0 saturated heterocycles. The minimum Gasteiger partial charge on any atom is -0.0882 e. The predicted molar refractivity (Wildman–Crippen MR) is 57.6 cm³/mol. The summed E-state index contributed by atoms with van der Waals surface area (Å²) in [5, 5.41) is 0. The Morgan fingerprint density at radius 1 is 0.692 bits per heavy atom. The van der Waals surface area contributed by atoms with Crippen LogP contribution in [0.1, 0.15) is 51.4 Å². The number of hydrogen-bond acceptors (Lipinski definition) is 0. The van der Waals surface area contributed by atoms with Gasteiger partial charge in [-0.1, -0.05) is 37.1 Å². The molecule has 0 aromatic rings. The largest absolute Gasteiger partial charge is 0.0882 e. The van der Waals surface area contributed by atoms with Crippen LogP contribution in [0.25, 0.3) is 0 Å². The van der Waals surface area contributed by atoms with E-state index in [1.807, 2.05) is 0 Å². The Morgan fingerprint density at radius 3 is 1.77 bits per heavy atom. The second-order valence-corrected chi connectivity index (χ2v) is 4.64. The van der Waals surface area contributed by atoms with Crippen LogP contribution < -0.4 is 0 Å². The summed E-state index contributed by atoms with van der Waals surface area (Å²) >= 11 is 0. The van der Waals surface area contributed by atoms with Crippen LogP contribution in [0, 0.1) is 5.41 Å². The molecule has 0 amide bonds. The lowest BCUT2D eigenvalue weighted by molar-refractivity contribution is 0.305. The van der Waals surface area contributed by atoms with Crippen LogP contribution in [0.4, 0.5) is 0 Å². The van der Waals surface area contributed by atoms with Crippen LogP contribution >= 0.6 is 0 Å². The van der Waals surface area contributed by atoms with E-state index >= 15 is 0 Å². The van der Waals surface area contributed by atoms with Crippen molar-refractivity contribution in [2.45, 2.75) is 51.4 Å². The van der Waals surface area contributed by atoms with Crippen molar-refractivity contribution in [3.63, 3.8) is 0 Å². The molecule has 0 radical (unpaired) electrons. The molecule has 13 heavy (non-hydrogen) atoms. The molecule has 0 N–H and O–H groups in total. The molecule has 1 saturated carbocycles. The minimum absolute atomic E-state index is 0.664. The zero-order valence-electron chi connectivity index (χ0n) is 8.47. The predicted octanol–water partition coefficient (Wildman–Crippen LogP) is 4.23. The Bertz CT molecular complexity index is 186. The smallest absolute Gasteiger partial charge is 0.0228 e. The SMILES string of the molecule is C1=C/CC2(C/C=C/CC/1)CCCC2. The van der Waals surface area contributed by atoms with Gasteiger partial charge in [0.25, 0.3) is 0 Å². The standard InChI is InChI=1S/C13H20/c1-2-4-6-10-13(9-5-3-1)11-7-8-12-13/h3-6H,1-2,7-12H2/b5-3+,6-4+. The molecule has 0 atom stereocenters. The van der Waals surface area contributed by atoms with Gasteiger partial charge < -0.3 is 0 Å². The van der Waals surface area contributed by atoms with Crippen molar-refractivity contribution in [2.75, 3.05) is 0 Å². The van der Waals surface area contributed by atoms with Gasteiger partial charge in [-0.2, -0.15) is 0 Å². The van der Waals surface area contributed by atoms with E-state index in [2.05, 4.69) is 24.3 Å². The van der Waals surface area contributed by atoms with E-state index in [0.717, 1.165) is 0 Å². The molecule has 0 aromatic carbocycles. The maximum Gasteiger partial charge on any atom is -0.0228 e. The molecule has 0 nitrogen and oxygen atoms in total. The summed E-state index contributed by atoms with van der Waals surface area (Å²) in [6.07, 6.45) is 20.6. The van der Waals surface area contributed by atoms with Crippen LogP contribution in [0.5, 0.6) is 0 Å². The fraction of sp³-hybridized carbons (Fsp3) is 0.692. The van der Waals surface area contributed by atoms with Gasteiger partial charge in [-0.05, 0) is 43.9 Å². The van der Waals surface area contributed by atoms with E-state index in [-0.39, 0.29) is 0 Å². The second kappa shape index (κ2) is 4.13. The van der Waals surface area contributed by atoms with Crippen molar-refractivity contribution < 1.29 is 0 Å². The van der Waals surface area contributed by atoms with Gasteiger partial charge in [0.05, 0.1) is 0 Å². The molecule has 0 aromatic heterocycles. The number of rotatable bonds is 0. The molecular weight excluding hydrogens is 156 g/mol. The summed E-state index contributed by atoms with van der Waals surface area (Å²) in [6.45, 7) is 0. The molecule has 2 aliphatic carbocycles. The zero-order valence-corrected chi connectivity index (χ0v) is 8.47. The quantitative estimate of drug-likeness (QED) is 0.484. The van der Waals surface area contributed by atoms with Gasteiger partial charge in [0.15, 0.2) is 0 Å². The van der Waals surface area contributed by atoms with E-state index in [9.17, 15) is 0 Å². The lowest BCUT2D eigenvalue weighted by Crippen LogP contribution is -2.13. The molecule has 0 bridgehead atoms. The fourth-order valence-electron chi connectivity index (χ4n) is 2.71. The van der Waals surface area contributed by atoms with E-state index in [1.54, 1.807) is 0 Å². The van der Waals surface area contributed by atoms with Gasteiger partial charge in [-0.3, -0.25) is 0 Å². The highest BCUT2D eigenvalue weighted by Gasteiger charge is 2.31. The van der Waals surface area contributed by atoms with Gasteiger partial charge in [0.1, 0.15) is 0 Å². The lowest BCUT2D eigenvalue weighted by atomic mass is 9.79. The third-order valence-corrected chi connectivity index (χ3v) is 3.60. The highest BCUT2D eigenvalue weighted by atomic mass is 14.4. The first-order chi connectivity index (χ1) is 6.41. The number of allylic oxidation sites excluding steroid dienone is 4. The molecule has 72 valence electrons. The first-order valence-corrected chi connectivity index (χ1v) is 5.71. The van der Waals surface area contributed by atoms with Gasteiger partial charge in [0.2, 0.25) is 0 Å². The number of hydrogen-bond donors (Lipinski definition) is 0. The summed E-state index contributed by atoms with van der Waals surface area (Å²) in [7, 11) is 0. The lowest BCUT2D eigenvalue weighted by Gasteiger charge is -2.25. The Labute approximate surface area is 81.7 Å². The van der Waals surface area contributed by atoms with E-state index in [0.29, 0.717) is 5.41 Å². The van der Waals surface area contributed by atoms with E-state index < -0.39 is 0 Å². The highest BCUT2D eigenvalue weighted by molar-refractivity contribution is 5.01. The topological polar surface area (TPSA) is 0 Å². The first-order valence-electron chi connectivity index (χ1n) is 5.71. The second-order valence-electron chi connectivity index (χ2n) is 4.64. The molecule has 0 aliphatic heterocycles. The maximum atomic E-state index is 2.43. The minimum atomic E-state index is 0.664. The average Bonchev–Trinajstić information content (AvgIpc) is 2.62. The van der Waals surface area contributed by atoms with Crippen molar-refractivity contribution in [3.8, 4) is 0 Å². The normalized spacial score (nSPS) is 32.0. The van der Waals surface area contributed by atoms with E-state index in [4.69, 9.17) is 0 Å². The monoisotopic (exact) mass is 176 g/mol. The van der Waals surface area contributed by atoms with Crippen molar-refractivity contribution in [1.82, 2.24) is 0 Å². The van der Waals surface area contributed by atoms with Crippen LogP contribution in [-0.2, 0) is 0 Å². The molecule has 1 spiro atoms. The van der Waals surface area contributed by atoms with Crippen molar-refractivity contribution in [3.05, 3.63) is 24.3 Å². The molecule has 0 heteroatoms. The molecular formula is C13H20. The molecule has 0 unspecified atom stereocenters. The average molecular weight is 176 g/mol. The molecule has 0 heterocycles. The van der Waals surface area contributed by atoms with Crippen LogP contribution in [0.2, 0.25) is 0 Å². The third-order valence-electron chi connectivity index (χ3n) is 3.60. The van der Waals surface area contributed by atoms with Crippen LogP contribution in [0.15, 0.2) is 24.3 Å². The Balaban J connectivity index is 2.06. The summed E-state index contributed by atoms with van der Waals surface area (Å²) < 4.78 is 0. The highest BCUT2D eigenvalue weighted by Crippen LogP contribution is 2.44. The summed E-state index contributed by atoms with van der Waals surface area (Å²) in [6, 6.07) is 0. The Hall–Kier alpha value is -0.520. The van der Waals surface area contributed by atoms with Crippen molar-refractivity contribution in [1.29, 1.82) is 0 Å². The van der Waals surface area contributed by atoms with Crippen LogP contribution in [0.3, 0.4) is 0 Å². The Morgan fingerprint density at radius 2 is 1.23 bits per heavy atom. The van der Waals surface area contributed by atoms with Gasteiger partial charge in [-0.25, -0.2) is 0 Å². The van der Waals surface area contributed by atoms with Crippen molar-refractivity contribution >= 4 is 0 Å². The molecule has 1 fully saturated rings. The first kappa shape index (κ1) is 9.05. The van der Waals surface area contributed by atoms with Crippen LogP contribution in [-0.4, -0.2) is 0 Å². The van der Waals surface area contributed by atoms with Gasteiger partial charge in [0, 0.05) is 0 Å². The molecule has 2 rings (SSSR count). The van der Waals surface area contributed by atoms with Crippen molar-refractivity contribution in [2.24, 2.45) is 5.41 Å². The van der Waals surface area contributed by atoms with Gasteiger partial charge >= 0.3 is 0 Å². The summed E-state index contributed by atoms with van der Waals surface area (Å²) in [5.41, 5.74) is 0.664. The maximum absolute atomic E-state index is 2.43. The summed E-state index contributed by atoms with van der Waals surface area (Å²) in [5.74, 6) is 0. The Kier molecular flexibility index (Phi) is 2.87. The summed E-state index contributed by atoms with van der Waals surface area (Å²) in [4.78, 5) is 0. The zero-order chi connectivity index (χ0) is 8.99.